The number of ether oxygens (including phenoxy) is 1. The molecular formula is C18H18N2O2. The Morgan fingerprint density at radius 1 is 1.18 bits per heavy atom. The van der Waals surface area contributed by atoms with Crippen molar-refractivity contribution >= 4 is 11.6 Å². The maximum Gasteiger partial charge on any atom is 0.265 e. The van der Waals surface area contributed by atoms with E-state index >= 15 is 0 Å². The second kappa shape index (κ2) is 6.77. The summed E-state index contributed by atoms with van der Waals surface area (Å²) in [5, 5.41) is 11.6. The normalized spacial score (nSPS) is 11.4. The number of amides is 1. The van der Waals surface area contributed by atoms with E-state index in [2.05, 4.69) is 5.32 Å². The van der Waals surface area contributed by atoms with Crippen molar-refractivity contribution < 1.29 is 9.53 Å². The summed E-state index contributed by atoms with van der Waals surface area (Å²) in [5.74, 6) is 0.417. The first-order chi connectivity index (χ1) is 10.5. The fraction of sp³-hybridized carbons (Fsp3) is 0.222. The lowest BCUT2D eigenvalue weighted by atomic mass is 10.1. The SMILES string of the molecule is Cc1cc(C)cc(OC(C)C(=O)Nc2cccc(C#N)c2)c1. The number of nitrogens with zero attached hydrogens (tertiary/aromatic N) is 1. The third-order valence-corrected chi connectivity index (χ3v) is 3.14. The topological polar surface area (TPSA) is 62.1 Å². The molecule has 1 atom stereocenters. The molecule has 0 heterocycles. The van der Waals surface area contributed by atoms with Crippen molar-refractivity contribution in [2.75, 3.05) is 5.32 Å². The first-order valence-electron chi connectivity index (χ1n) is 7.04. The molecule has 22 heavy (non-hydrogen) atoms. The molecule has 1 amide bonds. The van der Waals surface area contributed by atoms with E-state index in [1.807, 2.05) is 38.1 Å². The number of carbonyl (C=O) groups excluding carboxylic acids is 1. The van der Waals surface area contributed by atoms with E-state index in [9.17, 15) is 4.79 Å². The van der Waals surface area contributed by atoms with Gasteiger partial charge in [0.1, 0.15) is 5.75 Å². The predicted molar refractivity (Wildman–Crippen MR) is 85.8 cm³/mol. The molecule has 0 radical (unpaired) electrons. The van der Waals surface area contributed by atoms with Crippen LogP contribution in [0.4, 0.5) is 5.69 Å². The average Bonchev–Trinajstić information content (AvgIpc) is 2.46. The second-order valence-corrected chi connectivity index (χ2v) is 5.27. The lowest BCUT2D eigenvalue weighted by Gasteiger charge is -2.15. The minimum Gasteiger partial charge on any atom is -0.481 e. The highest BCUT2D eigenvalue weighted by molar-refractivity contribution is 5.94. The van der Waals surface area contributed by atoms with Gasteiger partial charge in [0, 0.05) is 5.69 Å². The van der Waals surface area contributed by atoms with E-state index in [1.165, 1.54) is 0 Å². The molecule has 0 saturated carbocycles. The van der Waals surface area contributed by atoms with Crippen molar-refractivity contribution in [1.29, 1.82) is 5.26 Å². The molecule has 0 fully saturated rings. The van der Waals surface area contributed by atoms with Crippen molar-refractivity contribution in [2.45, 2.75) is 26.9 Å². The average molecular weight is 294 g/mol. The fourth-order valence-corrected chi connectivity index (χ4v) is 2.17. The minimum atomic E-state index is -0.632. The van der Waals surface area contributed by atoms with Gasteiger partial charge in [0.25, 0.3) is 5.91 Å². The molecule has 0 spiro atoms. The third kappa shape index (κ3) is 4.10. The third-order valence-electron chi connectivity index (χ3n) is 3.14. The summed E-state index contributed by atoms with van der Waals surface area (Å²) in [7, 11) is 0. The Labute approximate surface area is 130 Å². The van der Waals surface area contributed by atoms with Crippen LogP contribution in [-0.4, -0.2) is 12.0 Å². The molecule has 1 unspecified atom stereocenters. The maximum absolute atomic E-state index is 12.2. The first kappa shape index (κ1) is 15.6. The molecule has 0 aliphatic heterocycles. The molecule has 0 aliphatic carbocycles. The Kier molecular flexibility index (Phi) is 4.80. The number of nitriles is 1. The zero-order valence-corrected chi connectivity index (χ0v) is 12.9. The molecule has 2 aromatic carbocycles. The minimum absolute atomic E-state index is 0.255. The number of hydrogen-bond donors (Lipinski definition) is 1. The van der Waals surface area contributed by atoms with Crippen molar-refractivity contribution in [1.82, 2.24) is 0 Å². The second-order valence-electron chi connectivity index (χ2n) is 5.27. The zero-order chi connectivity index (χ0) is 16.1. The van der Waals surface area contributed by atoms with Crippen LogP contribution in [0.5, 0.6) is 5.75 Å². The standard InChI is InChI=1S/C18H18N2O2/c1-12-7-13(2)9-17(8-12)22-14(3)18(21)20-16-6-4-5-15(10-16)11-19/h4-10,14H,1-3H3,(H,20,21). The molecule has 1 N–H and O–H groups in total. The van der Waals surface area contributed by atoms with Gasteiger partial charge in [-0.25, -0.2) is 0 Å². The van der Waals surface area contributed by atoms with E-state index < -0.39 is 6.10 Å². The van der Waals surface area contributed by atoms with Gasteiger partial charge in [-0.15, -0.1) is 0 Å². The summed E-state index contributed by atoms with van der Waals surface area (Å²) in [6.07, 6.45) is -0.632. The number of benzene rings is 2. The van der Waals surface area contributed by atoms with Gasteiger partial charge in [-0.05, 0) is 62.2 Å². The number of aryl methyl sites for hydroxylation is 2. The molecule has 0 saturated heterocycles. The van der Waals surface area contributed by atoms with Gasteiger partial charge >= 0.3 is 0 Å². The van der Waals surface area contributed by atoms with Crippen LogP contribution in [0.2, 0.25) is 0 Å². The lowest BCUT2D eigenvalue weighted by Crippen LogP contribution is -2.30. The largest absolute Gasteiger partial charge is 0.481 e. The number of anilines is 1. The van der Waals surface area contributed by atoms with E-state index in [0.717, 1.165) is 11.1 Å². The Balaban J connectivity index is 2.04. The Morgan fingerprint density at radius 3 is 2.50 bits per heavy atom. The maximum atomic E-state index is 12.2. The number of nitrogens with one attached hydrogen (secondary N) is 1. The summed E-state index contributed by atoms with van der Waals surface area (Å²) in [4.78, 5) is 12.2. The molecule has 2 rings (SSSR count). The fourth-order valence-electron chi connectivity index (χ4n) is 2.17. The Morgan fingerprint density at radius 2 is 1.86 bits per heavy atom. The molecule has 2 aromatic rings. The zero-order valence-electron chi connectivity index (χ0n) is 12.9. The summed E-state index contributed by atoms with van der Waals surface area (Å²) < 4.78 is 5.69. The summed E-state index contributed by atoms with van der Waals surface area (Å²) in [6, 6.07) is 14.7. The van der Waals surface area contributed by atoms with Crippen LogP contribution < -0.4 is 10.1 Å². The van der Waals surface area contributed by atoms with Crippen LogP contribution in [0.25, 0.3) is 0 Å². The van der Waals surface area contributed by atoms with Crippen LogP contribution >= 0.6 is 0 Å². The Bertz CT molecular complexity index is 712. The first-order valence-corrected chi connectivity index (χ1v) is 7.04. The van der Waals surface area contributed by atoms with Crippen molar-refractivity contribution in [2.24, 2.45) is 0 Å². The van der Waals surface area contributed by atoms with Gasteiger partial charge in [0.2, 0.25) is 0 Å². The molecule has 0 aromatic heterocycles. The summed E-state index contributed by atoms with van der Waals surface area (Å²) >= 11 is 0. The van der Waals surface area contributed by atoms with Gasteiger partial charge in [-0.2, -0.15) is 5.26 Å². The quantitative estimate of drug-likeness (QED) is 0.937. The van der Waals surface area contributed by atoms with Gasteiger partial charge in [0.05, 0.1) is 11.6 Å². The molecular weight excluding hydrogens is 276 g/mol. The highest BCUT2D eigenvalue weighted by Gasteiger charge is 2.15. The van der Waals surface area contributed by atoms with Crippen LogP contribution in [0, 0.1) is 25.2 Å². The molecule has 112 valence electrons. The number of rotatable bonds is 4. The van der Waals surface area contributed by atoms with Crippen LogP contribution in [0.3, 0.4) is 0 Å². The van der Waals surface area contributed by atoms with Crippen LogP contribution in [0.1, 0.15) is 23.6 Å². The van der Waals surface area contributed by atoms with E-state index in [1.54, 1.807) is 31.2 Å². The highest BCUT2D eigenvalue weighted by Crippen LogP contribution is 2.18. The molecule has 0 aliphatic rings. The van der Waals surface area contributed by atoms with Crippen molar-refractivity contribution in [3.05, 3.63) is 59.2 Å². The molecule has 0 bridgehead atoms. The summed E-state index contributed by atoms with van der Waals surface area (Å²) in [6.45, 7) is 5.66. The Hall–Kier alpha value is -2.80. The van der Waals surface area contributed by atoms with E-state index in [0.29, 0.717) is 17.0 Å². The number of hydrogen-bond acceptors (Lipinski definition) is 3. The number of carbonyl (C=O) groups is 1. The molecule has 4 nitrogen and oxygen atoms in total. The van der Waals surface area contributed by atoms with Crippen LogP contribution in [0.15, 0.2) is 42.5 Å². The van der Waals surface area contributed by atoms with Gasteiger partial charge in [-0.1, -0.05) is 12.1 Å². The lowest BCUT2D eigenvalue weighted by molar-refractivity contribution is -0.122. The van der Waals surface area contributed by atoms with Gasteiger partial charge in [-0.3, -0.25) is 4.79 Å². The van der Waals surface area contributed by atoms with Gasteiger partial charge in [0.15, 0.2) is 6.10 Å². The van der Waals surface area contributed by atoms with Crippen molar-refractivity contribution in [3.8, 4) is 11.8 Å². The van der Waals surface area contributed by atoms with E-state index in [4.69, 9.17) is 10.00 Å². The van der Waals surface area contributed by atoms with E-state index in [-0.39, 0.29) is 5.91 Å². The highest BCUT2D eigenvalue weighted by atomic mass is 16.5. The molecule has 4 heteroatoms. The van der Waals surface area contributed by atoms with Gasteiger partial charge < -0.3 is 10.1 Å². The van der Waals surface area contributed by atoms with Crippen molar-refractivity contribution in [3.63, 3.8) is 0 Å². The summed E-state index contributed by atoms with van der Waals surface area (Å²) in [5.41, 5.74) is 3.26. The smallest absolute Gasteiger partial charge is 0.265 e. The monoisotopic (exact) mass is 294 g/mol. The van der Waals surface area contributed by atoms with Crippen LogP contribution in [-0.2, 0) is 4.79 Å². The predicted octanol–water partition coefficient (Wildman–Crippen LogP) is 3.58.